The maximum Gasteiger partial charge on any atom is 0.267 e. The van der Waals surface area contributed by atoms with Crippen molar-refractivity contribution in [1.82, 2.24) is 5.48 Å². The Balaban J connectivity index is 2.44. The van der Waals surface area contributed by atoms with E-state index in [9.17, 15) is 13.2 Å². The first-order valence-electron chi connectivity index (χ1n) is 8.04. The molecule has 0 saturated heterocycles. The van der Waals surface area contributed by atoms with Crippen molar-refractivity contribution >= 4 is 27.7 Å². The molecule has 0 aliphatic rings. The van der Waals surface area contributed by atoms with E-state index in [1.165, 1.54) is 50.1 Å². The molecule has 0 atom stereocenters. The molecule has 0 aliphatic carbocycles. The molecule has 0 saturated carbocycles. The molecule has 148 valence electrons. The van der Waals surface area contributed by atoms with Gasteiger partial charge in [-0.3, -0.25) is 14.7 Å². The SMILES string of the molecule is COc1cc(/C=C/C=C/C(=O)NO)c(NS(=O)(=O)c2ccccc2)cc1OC. The van der Waals surface area contributed by atoms with E-state index in [1.54, 1.807) is 30.3 Å². The third-order valence-electron chi connectivity index (χ3n) is 3.60. The number of rotatable bonds is 8. The van der Waals surface area contributed by atoms with Crippen molar-refractivity contribution in [2.75, 3.05) is 18.9 Å². The lowest BCUT2D eigenvalue weighted by molar-refractivity contribution is -0.124. The molecule has 0 fully saturated rings. The van der Waals surface area contributed by atoms with Gasteiger partial charge in [0.15, 0.2) is 11.5 Å². The van der Waals surface area contributed by atoms with Crippen molar-refractivity contribution in [3.05, 3.63) is 66.3 Å². The van der Waals surface area contributed by atoms with Gasteiger partial charge in [-0.15, -0.1) is 0 Å². The maximum atomic E-state index is 12.7. The van der Waals surface area contributed by atoms with E-state index in [0.717, 1.165) is 6.08 Å². The Hall–Kier alpha value is -3.30. The molecule has 0 spiro atoms. The van der Waals surface area contributed by atoms with Crippen molar-refractivity contribution in [3.8, 4) is 11.5 Å². The Kier molecular flexibility index (Phi) is 7.19. The summed E-state index contributed by atoms with van der Waals surface area (Å²) in [6.07, 6.45) is 5.57. The van der Waals surface area contributed by atoms with Crippen LogP contribution in [-0.4, -0.2) is 33.8 Å². The van der Waals surface area contributed by atoms with Gasteiger partial charge in [0.1, 0.15) is 0 Å². The number of ether oxygens (including phenoxy) is 2. The van der Waals surface area contributed by atoms with Crippen LogP contribution >= 0.6 is 0 Å². The second kappa shape index (κ2) is 9.58. The molecule has 8 nitrogen and oxygen atoms in total. The van der Waals surface area contributed by atoms with E-state index in [1.807, 2.05) is 0 Å². The molecule has 3 N–H and O–H groups in total. The van der Waals surface area contributed by atoms with Crippen LogP contribution in [0.1, 0.15) is 5.56 Å². The zero-order valence-corrected chi connectivity index (χ0v) is 16.1. The van der Waals surface area contributed by atoms with Crippen LogP contribution in [0.25, 0.3) is 6.08 Å². The smallest absolute Gasteiger partial charge is 0.267 e. The number of carbonyl (C=O) groups is 1. The molecular weight excluding hydrogens is 384 g/mol. The summed E-state index contributed by atoms with van der Waals surface area (Å²) in [5.41, 5.74) is 2.21. The lowest BCUT2D eigenvalue weighted by atomic mass is 10.1. The topological polar surface area (TPSA) is 114 Å². The van der Waals surface area contributed by atoms with E-state index in [4.69, 9.17) is 14.7 Å². The van der Waals surface area contributed by atoms with Gasteiger partial charge in [-0.05, 0) is 18.2 Å². The summed E-state index contributed by atoms with van der Waals surface area (Å²) in [6.45, 7) is 0. The third-order valence-corrected chi connectivity index (χ3v) is 4.98. The molecular formula is C19H20N2O6S. The summed E-state index contributed by atoms with van der Waals surface area (Å²) in [5.74, 6) is 0.0597. The van der Waals surface area contributed by atoms with Crippen molar-refractivity contribution in [3.63, 3.8) is 0 Å². The average Bonchev–Trinajstić information content (AvgIpc) is 2.71. The van der Waals surface area contributed by atoms with E-state index < -0.39 is 15.9 Å². The summed E-state index contributed by atoms with van der Waals surface area (Å²) in [6, 6.07) is 11.0. The molecule has 2 aromatic carbocycles. The number of hydrogen-bond acceptors (Lipinski definition) is 6. The Labute approximate surface area is 163 Å². The predicted molar refractivity (Wildman–Crippen MR) is 105 cm³/mol. The Bertz CT molecular complexity index is 985. The molecule has 1 amide bonds. The number of sulfonamides is 1. The first-order valence-corrected chi connectivity index (χ1v) is 9.52. The van der Waals surface area contributed by atoms with Crippen LogP contribution in [0, 0.1) is 0 Å². The molecule has 2 rings (SSSR count). The van der Waals surface area contributed by atoms with Gasteiger partial charge in [-0.2, -0.15) is 0 Å². The summed E-state index contributed by atoms with van der Waals surface area (Å²) in [7, 11) is -0.917. The monoisotopic (exact) mass is 404 g/mol. The van der Waals surface area contributed by atoms with Gasteiger partial charge in [0.05, 0.1) is 24.8 Å². The Morgan fingerprint density at radius 1 is 1.04 bits per heavy atom. The first kappa shape index (κ1) is 21.0. The minimum atomic E-state index is -3.82. The second-order valence-electron chi connectivity index (χ2n) is 5.41. The third kappa shape index (κ3) is 5.35. The summed E-state index contributed by atoms with van der Waals surface area (Å²) in [5, 5.41) is 8.48. The van der Waals surface area contributed by atoms with Gasteiger partial charge in [-0.25, -0.2) is 13.9 Å². The minimum absolute atomic E-state index is 0.110. The molecule has 0 heterocycles. The van der Waals surface area contributed by atoms with Gasteiger partial charge < -0.3 is 9.47 Å². The summed E-state index contributed by atoms with van der Waals surface area (Å²) < 4.78 is 38.4. The highest BCUT2D eigenvalue weighted by molar-refractivity contribution is 7.92. The molecule has 2 aromatic rings. The molecule has 0 aliphatic heterocycles. The minimum Gasteiger partial charge on any atom is -0.493 e. The quantitative estimate of drug-likeness (QED) is 0.270. The predicted octanol–water partition coefficient (Wildman–Crippen LogP) is 2.58. The number of anilines is 1. The van der Waals surface area contributed by atoms with Crippen molar-refractivity contribution in [2.45, 2.75) is 4.90 Å². The lowest BCUT2D eigenvalue weighted by Gasteiger charge is -2.15. The molecule has 0 unspecified atom stereocenters. The van der Waals surface area contributed by atoms with Crippen molar-refractivity contribution in [1.29, 1.82) is 0 Å². The van der Waals surface area contributed by atoms with Gasteiger partial charge in [0, 0.05) is 17.7 Å². The fourth-order valence-electron chi connectivity index (χ4n) is 2.26. The molecule has 0 aromatic heterocycles. The van der Waals surface area contributed by atoms with Crippen LogP contribution in [-0.2, 0) is 14.8 Å². The number of methoxy groups -OCH3 is 2. The van der Waals surface area contributed by atoms with Crippen LogP contribution in [0.2, 0.25) is 0 Å². The molecule has 28 heavy (non-hydrogen) atoms. The number of amides is 1. The van der Waals surface area contributed by atoms with Crippen LogP contribution in [0.3, 0.4) is 0 Å². The lowest BCUT2D eigenvalue weighted by Crippen LogP contribution is -2.14. The second-order valence-corrected chi connectivity index (χ2v) is 7.09. The van der Waals surface area contributed by atoms with Crippen LogP contribution in [0.15, 0.2) is 65.6 Å². The van der Waals surface area contributed by atoms with E-state index in [0.29, 0.717) is 17.1 Å². The van der Waals surface area contributed by atoms with Crippen LogP contribution in [0.5, 0.6) is 11.5 Å². The van der Waals surface area contributed by atoms with Crippen LogP contribution < -0.4 is 19.7 Å². The Morgan fingerprint density at radius 2 is 1.68 bits per heavy atom. The fourth-order valence-corrected chi connectivity index (χ4v) is 3.36. The maximum absolute atomic E-state index is 12.7. The van der Waals surface area contributed by atoms with Gasteiger partial charge in [0.25, 0.3) is 15.9 Å². The molecule has 0 radical (unpaired) electrons. The Morgan fingerprint density at radius 3 is 2.29 bits per heavy atom. The number of nitrogens with one attached hydrogen (secondary N) is 2. The highest BCUT2D eigenvalue weighted by Crippen LogP contribution is 2.35. The molecule has 9 heteroatoms. The number of hydroxylamine groups is 1. The largest absolute Gasteiger partial charge is 0.493 e. The number of benzene rings is 2. The average molecular weight is 404 g/mol. The number of carbonyl (C=O) groups excluding carboxylic acids is 1. The van der Waals surface area contributed by atoms with Gasteiger partial charge >= 0.3 is 0 Å². The van der Waals surface area contributed by atoms with Gasteiger partial charge in [-0.1, -0.05) is 36.4 Å². The fraction of sp³-hybridized carbons (Fsp3) is 0.105. The highest BCUT2D eigenvalue weighted by atomic mass is 32.2. The van der Waals surface area contributed by atoms with E-state index >= 15 is 0 Å². The van der Waals surface area contributed by atoms with Crippen molar-refractivity contribution in [2.24, 2.45) is 0 Å². The van der Waals surface area contributed by atoms with Crippen molar-refractivity contribution < 1.29 is 27.9 Å². The van der Waals surface area contributed by atoms with Gasteiger partial charge in [0.2, 0.25) is 0 Å². The zero-order valence-electron chi connectivity index (χ0n) is 15.2. The number of allylic oxidation sites excluding steroid dienone is 2. The van der Waals surface area contributed by atoms with E-state index in [-0.39, 0.29) is 10.6 Å². The highest BCUT2D eigenvalue weighted by Gasteiger charge is 2.17. The van der Waals surface area contributed by atoms with Crippen LogP contribution in [0.4, 0.5) is 5.69 Å². The standard InChI is InChI=1S/C19H20N2O6S/c1-26-17-12-14(8-6-7-11-19(22)20-23)16(13-18(17)27-2)21-28(24,25)15-9-4-3-5-10-15/h3-13,21,23H,1-2H3,(H,20,22)/b8-6+,11-7+. The normalized spacial score (nSPS) is 11.5. The summed E-state index contributed by atoms with van der Waals surface area (Å²) in [4.78, 5) is 11.1. The zero-order chi connectivity index (χ0) is 20.6. The van der Waals surface area contributed by atoms with E-state index in [2.05, 4.69) is 4.72 Å². The number of hydrogen-bond donors (Lipinski definition) is 3. The summed E-state index contributed by atoms with van der Waals surface area (Å²) >= 11 is 0. The molecule has 0 bridgehead atoms. The first-order chi connectivity index (χ1) is 13.4.